The van der Waals surface area contributed by atoms with Crippen LogP contribution in [0.1, 0.15) is 19.3 Å². The van der Waals surface area contributed by atoms with Crippen LogP contribution in [0.4, 0.5) is 0 Å². The van der Waals surface area contributed by atoms with Gasteiger partial charge in [0, 0.05) is 30.2 Å². The highest BCUT2D eigenvalue weighted by atomic mass is 32.2. The van der Waals surface area contributed by atoms with Crippen LogP contribution in [0, 0.1) is 5.92 Å². The van der Waals surface area contributed by atoms with Crippen LogP contribution in [-0.4, -0.2) is 53.9 Å². The second kappa shape index (κ2) is 7.79. The van der Waals surface area contributed by atoms with Gasteiger partial charge in [-0.05, 0) is 31.0 Å². The Bertz CT molecular complexity index is 621. The molecule has 1 fully saturated rings. The number of aliphatic carboxylic acids is 1. The Hall–Kier alpha value is -1.89. The highest BCUT2D eigenvalue weighted by Crippen LogP contribution is 2.34. The minimum absolute atomic E-state index is 0.0333. The number of likely N-dealkylation sites (tertiary alicyclic amines) is 1. The number of rotatable bonds is 5. The van der Waals surface area contributed by atoms with Crippen molar-refractivity contribution in [2.45, 2.75) is 24.2 Å². The van der Waals surface area contributed by atoms with Crippen molar-refractivity contribution >= 4 is 23.6 Å². The van der Waals surface area contributed by atoms with E-state index in [0.717, 1.165) is 22.8 Å². The van der Waals surface area contributed by atoms with Gasteiger partial charge in [0.1, 0.15) is 13.2 Å². The number of nitrogens with zero attached hydrogens (tertiary/aromatic N) is 1. The topological polar surface area (TPSA) is 76.1 Å². The number of hydrogen-bond acceptors (Lipinski definition) is 5. The van der Waals surface area contributed by atoms with Gasteiger partial charge in [0.15, 0.2) is 11.5 Å². The molecule has 24 heavy (non-hydrogen) atoms. The van der Waals surface area contributed by atoms with Gasteiger partial charge in [-0.3, -0.25) is 9.59 Å². The van der Waals surface area contributed by atoms with Crippen LogP contribution < -0.4 is 9.47 Å². The standard InChI is InChI=1S/C17H21NO5S/c19-16(18-6-1-2-12(11-18)17(20)21)5-9-24-13-3-4-14-15(10-13)23-8-7-22-14/h3-4,10,12H,1-2,5-9,11H2,(H,20,21)/t12-/m0/s1. The maximum atomic E-state index is 12.3. The summed E-state index contributed by atoms with van der Waals surface area (Å²) in [4.78, 5) is 26.1. The van der Waals surface area contributed by atoms with Crippen LogP contribution in [0.2, 0.25) is 0 Å². The van der Waals surface area contributed by atoms with Gasteiger partial charge in [-0.2, -0.15) is 0 Å². The maximum absolute atomic E-state index is 12.3. The maximum Gasteiger partial charge on any atom is 0.308 e. The minimum Gasteiger partial charge on any atom is -0.486 e. The molecule has 1 N–H and O–H groups in total. The Morgan fingerprint density at radius 1 is 1.25 bits per heavy atom. The summed E-state index contributed by atoms with van der Waals surface area (Å²) in [6.45, 7) is 2.13. The van der Waals surface area contributed by atoms with Gasteiger partial charge < -0.3 is 19.5 Å². The summed E-state index contributed by atoms with van der Waals surface area (Å²) in [6, 6.07) is 5.79. The number of piperidine rings is 1. The highest BCUT2D eigenvalue weighted by Gasteiger charge is 2.27. The molecule has 0 bridgehead atoms. The first-order valence-corrected chi connectivity index (χ1v) is 9.15. The van der Waals surface area contributed by atoms with Crippen molar-refractivity contribution in [1.82, 2.24) is 4.90 Å². The molecule has 0 unspecified atom stereocenters. The van der Waals surface area contributed by atoms with E-state index in [0.29, 0.717) is 44.9 Å². The van der Waals surface area contributed by atoms with Crippen molar-refractivity contribution < 1.29 is 24.2 Å². The van der Waals surface area contributed by atoms with Crippen LogP contribution >= 0.6 is 11.8 Å². The van der Waals surface area contributed by atoms with E-state index in [1.807, 2.05) is 18.2 Å². The van der Waals surface area contributed by atoms with Crippen molar-refractivity contribution in [3.8, 4) is 11.5 Å². The Kier molecular flexibility index (Phi) is 5.50. The predicted molar refractivity (Wildman–Crippen MR) is 89.7 cm³/mol. The van der Waals surface area contributed by atoms with E-state index in [9.17, 15) is 9.59 Å². The molecule has 7 heteroatoms. The molecule has 1 aromatic rings. The number of benzene rings is 1. The molecule has 1 saturated heterocycles. The van der Waals surface area contributed by atoms with E-state index in [2.05, 4.69) is 0 Å². The number of thioether (sulfide) groups is 1. The summed E-state index contributed by atoms with van der Waals surface area (Å²) in [5, 5.41) is 9.10. The van der Waals surface area contributed by atoms with E-state index >= 15 is 0 Å². The van der Waals surface area contributed by atoms with Crippen LogP contribution in [0.25, 0.3) is 0 Å². The van der Waals surface area contributed by atoms with Gasteiger partial charge in [0.25, 0.3) is 0 Å². The lowest BCUT2D eigenvalue weighted by atomic mass is 9.98. The lowest BCUT2D eigenvalue weighted by Gasteiger charge is -2.30. The number of carboxylic acids is 1. The fraction of sp³-hybridized carbons (Fsp3) is 0.529. The lowest BCUT2D eigenvalue weighted by Crippen LogP contribution is -2.42. The Balaban J connectivity index is 1.47. The number of ether oxygens (including phenoxy) is 2. The quantitative estimate of drug-likeness (QED) is 0.820. The van der Waals surface area contributed by atoms with Crippen LogP contribution in [-0.2, 0) is 9.59 Å². The summed E-state index contributed by atoms with van der Waals surface area (Å²) < 4.78 is 11.0. The molecule has 1 aromatic carbocycles. The Morgan fingerprint density at radius 3 is 2.83 bits per heavy atom. The van der Waals surface area contributed by atoms with Crippen molar-refractivity contribution in [3.05, 3.63) is 18.2 Å². The zero-order valence-electron chi connectivity index (χ0n) is 13.4. The predicted octanol–water partition coefficient (Wildman–Crippen LogP) is 2.26. The molecule has 2 aliphatic rings. The normalized spacial score (nSPS) is 19.8. The number of amides is 1. The minimum atomic E-state index is -0.807. The van der Waals surface area contributed by atoms with Crippen molar-refractivity contribution in [2.24, 2.45) is 5.92 Å². The smallest absolute Gasteiger partial charge is 0.308 e. The van der Waals surface area contributed by atoms with Crippen LogP contribution in [0.15, 0.2) is 23.1 Å². The van der Waals surface area contributed by atoms with Crippen molar-refractivity contribution in [3.63, 3.8) is 0 Å². The Labute approximate surface area is 145 Å². The third-order valence-corrected chi connectivity index (χ3v) is 5.22. The number of fused-ring (bicyclic) bond motifs is 1. The number of hydrogen-bond donors (Lipinski definition) is 1. The molecule has 2 heterocycles. The second-order valence-corrected chi connectivity index (χ2v) is 7.09. The first-order chi connectivity index (χ1) is 11.6. The molecular formula is C17H21NO5S. The molecule has 0 aromatic heterocycles. The molecule has 1 amide bonds. The molecule has 0 radical (unpaired) electrons. The molecular weight excluding hydrogens is 330 g/mol. The molecule has 1 atom stereocenters. The van der Waals surface area contributed by atoms with E-state index < -0.39 is 11.9 Å². The van der Waals surface area contributed by atoms with Gasteiger partial charge in [-0.1, -0.05) is 0 Å². The molecule has 0 spiro atoms. The largest absolute Gasteiger partial charge is 0.486 e. The summed E-state index contributed by atoms with van der Waals surface area (Å²) in [6.07, 6.45) is 1.83. The fourth-order valence-electron chi connectivity index (χ4n) is 2.93. The monoisotopic (exact) mass is 351 g/mol. The summed E-state index contributed by atoms with van der Waals surface area (Å²) in [5.74, 6) is 0.970. The SMILES string of the molecule is O=C(O)[C@H]1CCCN(C(=O)CCSc2ccc3c(c2)OCCO3)C1. The van der Waals surface area contributed by atoms with Gasteiger partial charge in [0.05, 0.1) is 5.92 Å². The average Bonchev–Trinajstić information content (AvgIpc) is 2.61. The van der Waals surface area contributed by atoms with Gasteiger partial charge >= 0.3 is 5.97 Å². The molecule has 6 nitrogen and oxygen atoms in total. The number of carboxylic acid groups (broad SMARTS) is 1. The molecule has 0 saturated carbocycles. The zero-order chi connectivity index (χ0) is 16.9. The third kappa shape index (κ3) is 4.14. The summed E-state index contributed by atoms with van der Waals surface area (Å²) in [7, 11) is 0. The van der Waals surface area contributed by atoms with Gasteiger partial charge in [0.2, 0.25) is 5.91 Å². The summed E-state index contributed by atoms with van der Waals surface area (Å²) >= 11 is 1.59. The molecule has 3 rings (SSSR count). The van der Waals surface area contributed by atoms with E-state index in [4.69, 9.17) is 14.6 Å². The van der Waals surface area contributed by atoms with Crippen molar-refractivity contribution in [1.29, 1.82) is 0 Å². The first-order valence-electron chi connectivity index (χ1n) is 8.16. The summed E-state index contributed by atoms with van der Waals surface area (Å²) in [5.41, 5.74) is 0. The average molecular weight is 351 g/mol. The van der Waals surface area contributed by atoms with Crippen LogP contribution in [0.5, 0.6) is 11.5 Å². The molecule has 130 valence electrons. The lowest BCUT2D eigenvalue weighted by molar-refractivity contribution is -0.145. The van der Waals surface area contributed by atoms with E-state index in [-0.39, 0.29) is 5.91 Å². The molecule has 2 aliphatic heterocycles. The van der Waals surface area contributed by atoms with Gasteiger partial charge in [-0.15, -0.1) is 11.8 Å². The number of carbonyl (C=O) groups excluding carboxylic acids is 1. The van der Waals surface area contributed by atoms with Crippen LogP contribution in [0.3, 0.4) is 0 Å². The zero-order valence-corrected chi connectivity index (χ0v) is 14.2. The van der Waals surface area contributed by atoms with Crippen molar-refractivity contribution in [2.75, 3.05) is 32.1 Å². The second-order valence-electron chi connectivity index (χ2n) is 5.92. The fourth-order valence-corrected chi connectivity index (χ4v) is 3.80. The number of carbonyl (C=O) groups is 2. The molecule has 0 aliphatic carbocycles. The Morgan fingerprint density at radius 2 is 2.04 bits per heavy atom. The highest BCUT2D eigenvalue weighted by molar-refractivity contribution is 7.99. The van der Waals surface area contributed by atoms with E-state index in [1.54, 1.807) is 16.7 Å². The first kappa shape index (κ1) is 17.0. The van der Waals surface area contributed by atoms with E-state index in [1.165, 1.54) is 0 Å². The van der Waals surface area contributed by atoms with Gasteiger partial charge in [-0.25, -0.2) is 0 Å². The third-order valence-electron chi connectivity index (χ3n) is 4.22.